The maximum atomic E-state index is 12.1. The first-order valence-electron chi connectivity index (χ1n) is 6.63. The summed E-state index contributed by atoms with van der Waals surface area (Å²) in [7, 11) is -3.78. The van der Waals surface area contributed by atoms with Gasteiger partial charge in [0.25, 0.3) is 5.69 Å². The predicted octanol–water partition coefficient (Wildman–Crippen LogP) is 2.06. The molecule has 120 valence electrons. The molecule has 7 nitrogen and oxygen atoms in total. The number of ketones is 1. The summed E-state index contributed by atoms with van der Waals surface area (Å²) >= 11 is 0. The Labute approximate surface area is 133 Å². The molecule has 0 fully saturated rings. The zero-order valence-corrected chi connectivity index (χ0v) is 13.0. The van der Waals surface area contributed by atoms with Gasteiger partial charge in [0.05, 0.1) is 16.4 Å². The molecule has 1 N–H and O–H groups in total. The Kier molecular flexibility index (Phi) is 4.87. The Morgan fingerprint density at radius 2 is 1.65 bits per heavy atom. The van der Waals surface area contributed by atoms with Crippen LogP contribution >= 0.6 is 0 Å². The van der Waals surface area contributed by atoms with E-state index in [-0.39, 0.29) is 16.1 Å². The summed E-state index contributed by atoms with van der Waals surface area (Å²) in [5, 5.41) is 10.5. The third-order valence-corrected chi connectivity index (χ3v) is 4.57. The van der Waals surface area contributed by atoms with Crippen LogP contribution < -0.4 is 4.72 Å². The monoisotopic (exact) mass is 334 g/mol. The molecule has 0 aliphatic carbocycles. The zero-order chi connectivity index (χ0) is 17.0. The van der Waals surface area contributed by atoms with E-state index >= 15 is 0 Å². The second-order valence-electron chi connectivity index (χ2n) is 4.86. The predicted molar refractivity (Wildman–Crippen MR) is 83.8 cm³/mol. The lowest BCUT2D eigenvalue weighted by Gasteiger charge is -2.06. The van der Waals surface area contributed by atoms with Crippen molar-refractivity contribution in [2.24, 2.45) is 0 Å². The molecular formula is C15H14N2O5S. The molecule has 2 aromatic carbocycles. The summed E-state index contributed by atoms with van der Waals surface area (Å²) in [5.74, 6) is -0.476. The average molecular weight is 334 g/mol. The first kappa shape index (κ1) is 16.8. The van der Waals surface area contributed by atoms with E-state index in [2.05, 4.69) is 4.72 Å². The van der Waals surface area contributed by atoms with Gasteiger partial charge >= 0.3 is 0 Å². The van der Waals surface area contributed by atoms with Crippen LogP contribution in [-0.2, 0) is 10.0 Å². The van der Waals surface area contributed by atoms with Gasteiger partial charge in [0, 0.05) is 17.7 Å². The van der Waals surface area contributed by atoms with Crippen molar-refractivity contribution in [3.63, 3.8) is 0 Å². The highest BCUT2D eigenvalue weighted by Gasteiger charge is 2.16. The molecule has 8 heteroatoms. The number of nitrogens with zero attached hydrogens (tertiary/aromatic N) is 1. The quantitative estimate of drug-likeness (QED) is 0.494. The molecule has 23 heavy (non-hydrogen) atoms. The molecule has 2 rings (SSSR count). The molecule has 0 spiro atoms. The van der Waals surface area contributed by atoms with Crippen molar-refractivity contribution in [2.75, 3.05) is 6.54 Å². The fourth-order valence-electron chi connectivity index (χ4n) is 1.83. The average Bonchev–Trinajstić information content (AvgIpc) is 2.53. The molecule has 0 atom stereocenters. The van der Waals surface area contributed by atoms with Crippen LogP contribution in [0.5, 0.6) is 0 Å². The molecule has 0 saturated carbocycles. The van der Waals surface area contributed by atoms with Gasteiger partial charge in [-0.3, -0.25) is 14.9 Å². The smallest absolute Gasteiger partial charge is 0.269 e. The molecule has 0 amide bonds. The van der Waals surface area contributed by atoms with Crippen LogP contribution in [0.3, 0.4) is 0 Å². The summed E-state index contributed by atoms with van der Waals surface area (Å²) in [6.45, 7) is 1.41. The van der Waals surface area contributed by atoms with Crippen molar-refractivity contribution in [1.29, 1.82) is 0 Å². The molecule has 0 aliphatic rings. The SMILES string of the molecule is Cc1ccc(S(=O)(=O)NCC(=O)c2ccc([N+](=O)[O-])cc2)cc1. The lowest BCUT2D eigenvalue weighted by Crippen LogP contribution is -2.29. The van der Waals surface area contributed by atoms with Gasteiger partial charge in [-0.1, -0.05) is 17.7 Å². The number of nitrogens with one attached hydrogen (secondary N) is 1. The van der Waals surface area contributed by atoms with Gasteiger partial charge in [-0.15, -0.1) is 0 Å². The van der Waals surface area contributed by atoms with Gasteiger partial charge in [0.2, 0.25) is 10.0 Å². The van der Waals surface area contributed by atoms with Gasteiger partial charge in [0.15, 0.2) is 5.78 Å². The number of aryl methyl sites for hydroxylation is 1. The molecule has 2 aromatic rings. The molecular weight excluding hydrogens is 320 g/mol. The van der Waals surface area contributed by atoms with Crippen molar-refractivity contribution < 1.29 is 18.1 Å². The highest BCUT2D eigenvalue weighted by Crippen LogP contribution is 2.13. The van der Waals surface area contributed by atoms with Crippen molar-refractivity contribution in [1.82, 2.24) is 4.72 Å². The van der Waals surface area contributed by atoms with Crippen molar-refractivity contribution >= 4 is 21.5 Å². The number of carbonyl (C=O) groups is 1. The van der Waals surface area contributed by atoms with E-state index in [4.69, 9.17) is 0 Å². The normalized spacial score (nSPS) is 11.2. The largest absolute Gasteiger partial charge is 0.293 e. The Morgan fingerprint density at radius 1 is 1.09 bits per heavy atom. The number of non-ortho nitro benzene ring substituents is 1. The highest BCUT2D eigenvalue weighted by molar-refractivity contribution is 7.89. The molecule has 0 aliphatic heterocycles. The first-order chi connectivity index (χ1) is 10.8. The Morgan fingerprint density at radius 3 is 2.17 bits per heavy atom. The van der Waals surface area contributed by atoms with Gasteiger partial charge in [-0.05, 0) is 31.2 Å². The van der Waals surface area contributed by atoms with Crippen LogP contribution in [0.1, 0.15) is 15.9 Å². The number of nitro groups is 1. The maximum Gasteiger partial charge on any atom is 0.269 e. The third-order valence-electron chi connectivity index (χ3n) is 3.15. The van der Waals surface area contributed by atoms with Crippen LogP contribution in [0.15, 0.2) is 53.4 Å². The molecule has 0 unspecified atom stereocenters. The molecule has 0 heterocycles. The fraction of sp³-hybridized carbons (Fsp3) is 0.133. The third kappa shape index (κ3) is 4.21. The van der Waals surface area contributed by atoms with Crippen molar-refractivity contribution in [2.45, 2.75) is 11.8 Å². The number of hydrogen-bond acceptors (Lipinski definition) is 5. The maximum absolute atomic E-state index is 12.1. The second-order valence-corrected chi connectivity index (χ2v) is 6.63. The minimum absolute atomic E-state index is 0.0691. The van der Waals surface area contributed by atoms with Crippen LogP contribution in [0.2, 0.25) is 0 Å². The van der Waals surface area contributed by atoms with E-state index in [1.54, 1.807) is 12.1 Å². The highest BCUT2D eigenvalue weighted by atomic mass is 32.2. The Hall–Kier alpha value is -2.58. The lowest BCUT2D eigenvalue weighted by molar-refractivity contribution is -0.384. The second kappa shape index (κ2) is 6.67. The van der Waals surface area contributed by atoms with Crippen molar-refractivity contribution in [3.8, 4) is 0 Å². The van der Waals surface area contributed by atoms with Gasteiger partial charge in [-0.2, -0.15) is 0 Å². The summed E-state index contributed by atoms with van der Waals surface area (Å²) in [6, 6.07) is 11.2. The van der Waals surface area contributed by atoms with E-state index in [0.29, 0.717) is 0 Å². The number of carbonyl (C=O) groups excluding carboxylic acids is 1. The lowest BCUT2D eigenvalue weighted by atomic mass is 10.1. The fourth-order valence-corrected chi connectivity index (χ4v) is 2.81. The van der Waals surface area contributed by atoms with E-state index in [0.717, 1.165) is 5.56 Å². The summed E-state index contributed by atoms with van der Waals surface area (Å²) in [6.07, 6.45) is 0. The zero-order valence-electron chi connectivity index (χ0n) is 12.2. The van der Waals surface area contributed by atoms with E-state index in [1.807, 2.05) is 6.92 Å². The molecule has 0 bridgehead atoms. The van der Waals surface area contributed by atoms with Gasteiger partial charge < -0.3 is 0 Å². The van der Waals surface area contributed by atoms with Crippen LogP contribution in [0.4, 0.5) is 5.69 Å². The summed E-state index contributed by atoms with van der Waals surface area (Å²) < 4.78 is 26.4. The number of hydrogen-bond donors (Lipinski definition) is 1. The number of rotatable bonds is 6. The minimum atomic E-state index is -3.78. The topological polar surface area (TPSA) is 106 Å². The van der Waals surface area contributed by atoms with Crippen molar-refractivity contribution in [3.05, 3.63) is 69.8 Å². The van der Waals surface area contributed by atoms with Crippen LogP contribution in [0.25, 0.3) is 0 Å². The Balaban J connectivity index is 2.06. The van der Waals surface area contributed by atoms with E-state index in [1.165, 1.54) is 36.4 Å². The molecule has 0 aromatic heterocycles. The number of benzene rings is 2. The van der Waals surface area contributed by atoms with Crippen LogP contribution in [-0.4, -0.2) is 25.7 Å². The van der Waals surface area contributed by atoms with Crippen LogP contribution in [0, 0.1) is 17.0 Å². The first-order valence-corrected chi connectivity index (χ1v) is 8.12. The minimum Gasteiger partial charge on any atom is -0.293 e. The van der Waals surface area contributed by atoms with Gasteiger partial charge in [0.1, 0.15) is 0 Å². The number of sulfonamides is 1. The number of Topliss-reactive ketones (excluding diaryl/α,β-unsaturated/α-hetero) is 1. The van der Waals surface area contributed by atoms with Gasteiger partial charge in [-0.25, -0.2) is 13.1 Å². The molecule has 0 saturated heterocycles. The number of nitro benzene ring substituents is 1. The summed E-state index contributed by atoms with van der Waals surface area (Å²) in [4.78, 5) is 22.0. The standard InChI is InChI=1S/C15H14N2O5S/c1-11-2-8-14(9-3-11)23(21,22)16-10-15(18)12-4-6-13(7-5-12)17(19)20/h2-9,16H,10H2,1H3. The van der Waals surface area contributed by atoms with E-state index in [9.17, 15) is 23.3 Å². The van der Waals surface area contributed by atoms with E-state index < -0.39 is 27.3 Å². The molecule has 0 radical (unpaired) electrons. The Bertz CT molecular complexity index is 827. The summed E-state index contributed by atoms with van der Waals surface area (Å²) in [5.41, 5.74) is 0.981.